The molecule has 0 bridgehead atoms. The third-order valence-electron chi connectivity index (χ3n) is 1.81. The number of carbonyl (C=O) groups is 2. The van der Waals surface area contributed by atoms with Crippen LogP contribution in [0.3, 0.4) is 0 Å². The topological polar surface area (TPSA) is 112 Å². The van der Waals surface area contributed by atoms with Crippen LogP contribution in [-0.2, 0) is 11.3 Å². The van der Waals surface area contributed by atoms with Gasteiger partial charge in [0.25, 0.3) is 0 Å². The van der Waals surface area contributed by atoms with Crippen LogP contribution in [0.25, 0.3) is 0 Å². The largest absolute Gasteiger partial charge is 0.479 e. The van der Waals surface area contributed by atoms with Gasteiger partial charge < -0.3 is 20.8 Å². The maximum absolute atomic E-state index is 11.2. The highest BCUT2D eigenvalue weighted by molar-refractivity contribution is 7.11. The van der Waals surface area contributed by atoms with E-state index in [9.17, 15) is 9.59 Å². The van der Waals surface area contributed by atoms with Crippen LogP contribution in [0.15, 0.2) is 6.20 Å². The molecule has 2 amide bonds. The van der Waals surface area contributed by atoms with Gasteiger partial charge in [-0.15, -0.1) is 11.3 Å². The fraction of sp³-hybridized carbons (Fsp3) is 0.444. The lowest BCUT2D eigenvalue weighted by molar-refractivity contribution is -0.146. The van der Waals surface area contributed by atoms with E-state index in [0.29, 0.717) is 0 Å². The summed E-state index contributed by atoms with van der Waals surface area (Å²) < 4.78 is 0. The molecule has 0 saturated carbocycles. The summed E-state index contributed by atoms with van der Waals surface area (Å²) >= 11 is 1.46. The lowest BCUT2D eigenvalue weighted by atomic mass is 10.4. The molecule has 17 heavy (non-hydrogen) atoms. The maximum Gasteiger partial charge on any atom is 0.334 e. The van der Waals surface area contributed by atoms with Gasteiger partial charge in [-0.3, -0.25) is 0 Å². The van der Waals surface area contributed by atoms with Crippen molar-refractivity contribution in [2.24, 2.45) is 0 Å². The Balaban J connectivity index is 2.24. The molecule has 1 aromatic rings. The lowest BCUT2D eigenvalue weighted by Crippen LogP contribution is -2.41. The zero-order chi connectivity index (χ0) is 12.8. The first kappa shape index (κ1) is 13.4. The van der Waals surface area contributed by atoms with Gasteiger partial charge in [0, 0.05) is 11.1 Å². The fourth-order valence-electron chi connectivity index (χ4n) is 0.978. The molecule has 0 saturated heterocycles. The quantitative estimate of drug-likeness (QED) is 0.580. The number of carboxylic acids is 1. The van der Waals surface area contributed by atoms with Crippen LogP contribution in [0.1, 0.15) is 9.88 Å². The Morgan fingerprint density at radius 1 is 1.53 bits per heavy atom. The van der Waals surface area contributed by atoms with Crippen molar-refractivity contribution in [2.45, 2.75) is 19.6 Å². The number of hydrogen-bond donors (Lipinski definition) is 4. The van der Waals surface area contributed by atoms with Crippen molar-refractivity contribution in [1.29, 1.82) is 0 Å². The molecule has 0 radical (unpaired) electrons. The van der Waals surface area contributed by atoms with E-state index in [2.05, 4.69) is 15.6 Å². The normalized spacial score (nSPS) is 11.9. The highest BCUT2D eigenvalue weighted by Crippen LogP contribution is 2.10. The minimum absolute atomic E-state index is 0.271. The predicted molar refractivity (Wildman–Crippen MR) is 60.7 cm³/mol. The molecular formula is C9H13N3O4S. The van der Waals surface area contributed by atoms with Crippen molar-refractivity contribution in [3.63, 3.8) is 0 Å². The van der Waals surface area contributed by atoms with E-state index in [1.807, 2.05) is 6.92 Å². The summed E-state index contributed by atoms with van der Waals surface area (Å²) in [6, 6.07) is -0.543. The molecule has 94 valence electrons. The molecule has 0 aliphatic carbocycles. The molecule has 0 aliphatic heterocycles. The summed E-state index contributed by atoms with van der Waals surface area (Å²) in [7, 11) is 0. The van der Waals surface area contributed by atoms with E-state index in [-0.39, 0.29) is 13.1 Å². The number of aromatic nitrogens is 1. The summed E-state index contributed by atoms with van der Waals surface area (Å²) in [6.07, 6.45) is 0.108. The van der Waals surface area contributed by atoms with Crippen molar-refractivity contribution in [2.75, 3.05) is 6.54 Å². The molecule has 1 rings (SSSR count). The number of urea groups is 1. The number of aryl methyl sites for hydroxylation is 1. The Morgan fingerprint density at radius 2 is 2.24 bits per heavy atom. The molecule has 0 aromatic carbocycles. The molecule has 1 unspecified atom stereocenters. The van der Waals surface area contributed by atoms with Crippen LogP contribution < -0.4 is 10.6 Å². The van der Waals surface area contributed by atoms with Crippen LogP contribution >= 0.6 is 11.3 Å². The lowest BCUT2D eigenvalue weighted by Gasteiger charge is -2.08. The highest BCUT2D eigenvalue weighted by Gasteiger charge is 2.13. The molecular weight excluding hydrogens is 246 g/mol. The fourth-order valence-corrected chi connectivity index (χ4v) is 1.71. The Morgan fingerprint density at radius 3 is 2.76 bits per heavy atom. The van der Waals surface area contributed by atoms with Gasteiger partial charge in [-0.25, -0.2) is 14.6 Å². The van der Waals surface area contributed by atoms with Gasteiger partial charge in [0.05, 0.1) is 13.1 Å². The van der Waals surface area contributed by atoms with Crippen LogP contribution in [0.5, 0.6) is 0 Å². The number of thiazole rings is 1. The summed E-state index contributed by atoms with van der Waals surface area (Å²) in [6.45, 7) is 1.84. The monoisotopic (exact) mass is 259 g/mol. The Hall–Kier alpha value is -1.67. The van der Waals surface area contributed by atoms with E-state index in [0.717, 1.165) is 9.88 Å². The van der Waals surface area contributed by atoms with Gasteiger partial charge in [0.15, 0.2) is 6.10 Å². The number of nitrogens with one attached hydrogen (secondary N) is 2. The third kappa shape index (κ3) is 4.79. The van der Waals surface area contributed by atoms with Crippen LogP contribution in [0, 0.1) is 6.92 Å². The van der Waals surface area contributed by atoms with E-state index >= 15 is 0 Å². The SMILES string of the molecule is Cc1cnc(CNC(=O)NCC(O)C(=O)O)s1. The summed E-state index contributed by atoms with van der Waals surface area (Å²) in [5, 5.41) is 22.8. The number of carboxylic acid groups (broad SMARTS) is 1. The Bertz CT molecular complexity index is 407. The molecule has 1 atom stereocenters. The standard InChI is InChI=1S/C9H13N3O4S/c1-5-2-10-7(17-5)4-12-9(16)11-3-6(13)8(14)15/h2,6,13H,3-4H2,1H3,(H,14,15)(H2,11,12,16). The van der Waals surface area contributed by atoms with Gasteiger partial charge in [0.2, 0.25) is 0 Å². The van der Waals surface area contributed by atoms with E-state index in [1.54, 1.807) is 6.20 Å². The van der Waals surface area contributed by atoms with Crippen molar-refractivity contribution in [3.8, 4) is 0 Å². The van der Waals surface area contributed by atoms with Crippen LogP contribution in [0.4, 0.5) is 4.79 Å². The minimum Gasteiger partial charge on any atom is -0.479 e. The molecule has 1 heterocycles. The molecule has 0 spiro atoms. The number of aliphatic hydroxyl groups is 1. The zero-order valence-corrected chi connectivity index (χ0v) is 9.95. The molecule has 8 heteroatoms. The second-order valence-electron chi connectivity index (χ2n) is 3.28. The molecule has 1 aromatic heterocycles. The predicted octanol–water partition coefficient (Wildman–Crippen LogP) is -0.304. The van der Waals surface area contributed by atoms with Crippen molar-refractivity contribution >= 4 is 23.3 Å². The van der Waals surface area contributed by atoms with E-state index in [4.69, 9.17) is 10.2 Å². The molecule has 0 aliphatic rings. The summed E-state index contributed by atoms with van der Waals surface area (Å²) in [5.41, 5.74) is 0. The smallest absolute Gasteiger partial charge is 0.334 e. The van der Waals surface area contributed by atoms with Gasteiger partial charge >= 0.3 is 12.0 Å². The van der Waals surface area contributed by atoms with Crippen molar-refractivity contribution in [3.05, 3.63) is 16.1 Å². The number of carbonyl (C=O) groups excluding carboxylic acids is 1. The zero-order valence-electron chi connectivity index (χ0n) is 9.14. The number of rotatable bonds is 5. The number of amides is 2. The Kier molecular flexibility index (Phi) is 4.85. The minimum atomic E-state index is -1.59. The number of nitrogens with zero attached hydrogens (tertiary/aromatic N) is 1. The van der Waals surface area contributed by atoms with Gasteiger partial charge in [0.1, 0.15) is 5.01 Å². The first-order valence-electron chi connectivity index (χ1n) is 4.83. The number of aliphatic hydroxyl groups excluding tert-OH is 1. The first-order valence-corrected chi connectivity index (χ1v) is 5.64. The average molecular weight is 259 g/mol. The number of aliphatic carboxylic acids is 1. The second-order valence-corrected chi connectivity index (χ2v) is 4.60. The van der Waals surface area contributed by atoms with Gasteiger partial charge in [-0.2, -0.15) is 0 Å². The summed E-state index contributed by atoms with van der Waals surface area (Å²) in [5.74, 6) is -1.37. The van der Waals surface area contributed by atoms with E-state index < -0.39 is 18.1 Å². The molecule has 7 nitrogen and oxygen atoms in total. The maximum atomic E-state index is 11.2. The van der Waals surface area contributed by atoms with Crippen LogP contribution in [0.2, 0.25) is 0 Å². The van der Waals surface area contributed by atoms with Crippen LogP contribution in [-0.4, -0.2) is 39.8 Å². The van der Waals surface area contributed by atoms with Crippen molar-refractivity contribution < 1.29 is 19.8 Å². The molecule has 0 fully saturated rings. The van der Waals surface area contributed by atoms with Gasteiger partial charge in [-0.05, 0) is 6.92 Å². The third-order valence-corrected chi connectivity index (χ3v) is 2.72. The average Bonchev–Trinajstić information content (AvgIpc) is 2.69. The second kappa shape index (κ2) is 6.16. The molecule has 4 N–H and O–H groups in total. The van der Waals surface area contributed by atoms with E-state index in [1.165, 1.54) is 11.3 Å². The Labute approximate surface area is 101 Å². The van der Waals surface area contributed by atoms with Crippen molar-refractivity contribution in [1.82, 2.24) is 15.6 Å². The van der Waals surface area contributed by atoms with Gasteiger partial charge in [-0.1, -0.05) is 0 Å². The summed E-state index contributed by atoms with van der Waals surface area (Å²) in [4.78, 5) is 26.6. The highest BCUT2D eigenvalue weighted by atomic mass is 32.1. The first-order chi connectivity index (χ1) is 7.99. The number of hydrogen-bond acceptors (Lipinski definition) is 5.